The van der Waals surface area contributed by atoms with E-state index in [4.69, 9.17) is 5.11 Å². The molecule has 0 spiro atoms. The standard InChI is InChI=1S/C13H20BrNO/c1-10(5-4-8-16)15-11(2)12-6-3-7-13(14)9-12/h3,6-7,9-11,15-16H,4-5,8H2,1-2H3. The van der Waals surface area contributed by atoms with Gasteiger partial charge in [0.15, 0.2) is 0 Å². The van der Waals surface area contributed by atoms with Gasteiger partial charge >= 0.3 is 0 Å². The van der Waals surface area contributed by atoms with Crippen molar-refractivity contribution in [1.82, 2.24) is 5.32 Å². The normalized spacial score (nSPS) is 14.8. The maximum absolute atomic E-state index is 8.77. The van der Waals surface area contributed by atoms with Gasteiger partial charge in [-0.15, -0.1) is 0 Å². The molecule has 0 saturated carbocycles. The first kappa shape index (κ1) is 13.7. The first-order valence-corrected chi connectivity index (χ1v) is 6.55. The molecule has 2 nitrogen and oxygen atoms in total. The van der Waals surface area contributed by atoms with Crippen molar-refractivity contribution in [2.24, 2.45) is 0 Å². The zero-order chi connectivity index (χ0) is 12.0. The topological polar surface area (TPSA) is 32.3 Å². The van der Waals surface area contributed by atoms with E-state index in [1.54, 1.807) is 0 Å². The lowest BCUT2D eigenvalue weighted by Gasteiger charge is -2.20. The second kappa shape index (κ2) is 7.05. The highest BCUT2D eigenvalue weighted by Crippen LogP contribution is 2.18. The molecule has 1 rings (SSSR count). The molecule has 0 aliphatic rings. The Morgan fingerprint density at radius 3 is 2.75 bits per heavy atom. The second-order valence-electron chi connectivity index (χ2n) is 4.21. The molecule has 3 heteroatoms. The van der Waals surface area contributed by atoms with Crippen molar-refractivity contribution in [1.29, 1.82) is 0 Å². The third kappa shape index (κ3) is 4.64. The number of aliphatic hydroxyl groups excluding tert-OH is 1. The summed E-state index contributed by atoms with van der Waals surface area (Å²) in [5.41, 5.74) is 1.28. The molecule has 0 bridgehead atoms. The van der Waals surface area contributed by atoms with Gasteiger partial charge in [0.05, 0.1) is 0 Å². The van der Waals surface area contributed by atoms with E-state index in [0.29, 0.717) is 12.1 Å². The minimum atomic E-state index is 0.275. The Morgan fingerprint density at radius 1 is 1.38 bits per heavy atom. The van der Waals surface area contributed by atoms with E-state index in [9.17, 15) is 0 Å². The van der Waals surface area contributed by atoms with Crippen molar-refractivity contribution >= 4 is 15.9 Å². The Bertz CT molecular complexity index is 317. The fourth-order valence-electron chi connectivity index (χ4n) is 1.78. The summed E-state index contributed by atoms with van der Waals surface area (Å²) in [5.74, 6) is 0. The van der Waals surface area contributed by atoms with E-state index in [1.165, 1.54) is 5.56 Å². The minimum Gasteiger partial charge on any atom is -0.396 e. The molecule has 0 amide bonds. The van der Waals surface area contributed by atoms with Crippen molar-refractivity contribution in [3.05, 3.63) is 34.3 Å². The Balaban J connectivity index is 2.48. The summed E-state index contributed by atoms with van der Waals surface area (Å²) in [7, 11) is 0. The van der Waals surface area contributed by atoms with E-state index < -0.39 is 0 Å². The van der Waals surface area contributed by atoms with E-state index in [0.717, 1.165) is 17.3 Å². The lowest BCUT2D eigenvalue weighted by Crippen LogP contribution is -2.29. The van der Waals surface area contributed by atoms with Gasteiger partial charge in [-0.2, -0.15) is 0 Å². The van der Waals surface area contributed by atoms with Crippen LogP contribution >= 0.6 is 15.9 Å². The van der Waals surface area contributed by atoms with Crippen LogP contribution in [-0.4, -0.2) is 17.8 Å². The Hall–Kier alpha value is -0.380. The molecule has 2 atom stereocenters. The van der Waals surface area contributed by atoms with E-state index >= 15 is 0 Å². The largest absolute Gasteiger partial charge is 0.396 e. The van der Waals surface area contributed by atoms with Crippen molar-refractivity contribution in [2.75, 3.05) is 6.61 Å². The molecule has 16 heavy (non-hydrogen) atoms. The molecule has 0 heterocycles. The number of aliphatic hydroxyl groups is 1. The van der Waals surface area contributed by atoms with E-state index in [2.05, 4.69) is 53.3 Å². The van der Waals surface area contributed by atoms with Gasteiger partial charge in [-0.1, -0.05) is 28.1 Å². The third-order valence-corrected chi connectivity index (χ3v) is 3.17. The zero-order valence-electron chi connectivity index (χ0n) is 9.91. The monoisotopic (exact) mass is 285 g/mol. The molecule has 2 N–H and O–H groups in total. The number of hydrogen-bond donors (Lipinski definition) is 2. The van der Waals surface area contributed by atoms with Gasteiger partial charge in [0.1, 0.15) is 0 Å². The molecule has 1 aromatic rings. The number of halogens is 1. The highest BCUT2D eigenvalue weighted by molar-refractivity contribution is 9.10. The van der Waals surface area contributed by atoms with Crippen molar-refractivity contribution in [2.45, 2.75) is 38.8 Å². The van der Waals surface area contributed by atoms with Crippen LogP contribution < -0.4 is 5.32 Å². The van der Waals surface area contributed by atoms with Crippen molar-refractivity contribution in [3.63, 3.8) is 0 Å². The summed E-state index contributed by atoms with van der Waals surface area (Å²) >= 11 is 3.48. The van der Waals surface area contributed by atoms with Gasteiger partial charge in [-0.3, -0.25) is 0 Å². The lowest BCUT2D eigenvalue weighted by atomic mass is 10.1. The highest BCUT2D eigenvalue weighted by Gasteiger charge is 2.09. The van der Waals surface area contributed by atoms with Gasteiger partial charge in [0.2, 0.25) is 0 Å². The summed E-state index contributed by atoms with van der Waals surface area (Å²) in [4.78, 5) is 0. The number of nitrogens with one attached hydrogen (secondary N) is 1. The van der Waals surface area contributed by atoms with Crippen LogP contribution in [0.4, 0.5) is 0 Å². The summed E-state index contributed by atoms with van der Waals surface area (Å²) in [5, 5.41) is 12.3. The van der Waals surface area contributed by atoms with Crippen LogP contribution in [0.25, 0.3) is 0 Å². The molecule has 0 aliphatic carbocycles. The average Bonchev–Trinajstić information content (AvgIpc) is 2.26. The van der Waals surface area contributed by atoms with Crippen molar-refractivity contribution < 1.29 is 5.11 Å². The fraction of sp³-hybridized carbons (Fsp3) is 0.538. The van der Waals surface area contributed by atoms with Crippen LogP contribution in [-0.2, 0) is 0 Å². The van der Waals surface area contributed by atoms with Crippen LogP contribution in [0.2, 0.25) is 0 Å². The first-order chi connectivity index (χ1) is 7.63. The minimum absolute atomic E-state index is 0.275. The van der Waals surface area contributed by atoms with Crippen LogP contribution in [0.15, 0.2) is 28.7 Å². The van der Waals surface area contributed by atoms with Crippen molar-refractivity contribution in [3.8, 4) is 0 Å². The Morgan fingerprint density at radius 2 is 2.12 bits per heavy atom. The van der Waals surface area contributed by atoms with E-state index in [-0.39, 0.29) is 6.61 Å². The highest BCUT2D eigenvalue weighted by atomic mass is 79.9. The second-order valence-corrected chi connectivity index (χ2v) is 5.13. The third-order valence-electron chi connectivity index (χ3n) is 2.68. The Labute approximate surface area is 106 Å². The molecular formula is C13H20BrNO. The van der Waals surface area contributed by atoms with Gasteiger partial charge < -0.3 is 10.4 Å². The SMILES string of the molecule is CC(CCCO)NC(C)c1cccc(Br)c1. The molecule has 90 valence electrons. The molecule has 0 aromatic heterocycles. The number of benzene rings is 1. The van der Waals surface area contributed by atoms with Crippen LogP contribution in [0, 0.1) is 0 Å². The van der Waals surface area contributed by atoms with Crippen LogP contribution in [0.1, 0.15) is 38.3 Å². The van der Waals surface area contributed by atoms with Gasteiger partial charge in [-0.25, -0.2) is 0 Å². The summed E-state index contributed by atoms with van der Waals surface area (Å²) < 4.78 is 1.11. The first-order valence-electron chi connectivity index (χ1n) is 5.76. The Kier molecular flexibility index (Phi) is 6.03. The smallest absolute Gasteiger partial charge is 0.0431 e. The molecule has 0 saturated heterocycles. The van der Waals surface area contributed by atoms with Gasteiger partial charge in [0, 0.05) is 23.2 Å². The van der Waals surface area contributed by atoms with Gasteiger partial charge in [0.25, 0.3) is 0 Å². The molecule has 0 fully saturated rings. The zero-order valence-corrected chi connectivity index (χ0v) is 11.5. The molecule has 0 aliphatic heterocycles. The predicted octanol–water partition coefficient (Wildman–Crippen LogP) is 3.26. The quantitative estimate of drug-likeness (QED) is 0.841. The predicted molar refractivity (Wildman–Crippen MR) is 71.5 cm³/mol. The summed E-state index contributed by atoms with van der Waals surface area (Å²) in [6.07, 6.45) is 1.87. The summed E-state index contributed by atoms with van der Waals surface area (Å²) in [6, 6.07) is 9.12. The van der Waals surface area contributed by atoms with Crippen LogP contribution in [0.5, 0.6) is 0 Å². The number of rotatable bonds is 6. The van der Waals surface area contributed by atoms with Crippen LogP contribution in [0.3, 0.4) is 0 Å². The molecular weight excluding hydrogens is 266 g/mol. The number of hydrogen-bond acceptors (Lipinski definition) is 2. The lowest BCUT2D eigenvalue weighted by molar-refractivity contribution is 0.274. The molecule has 1 aromatic carbocycles. The fourth-order valence-corrected chi connectivity index (χ4v) is 2.20. The van der Waals surface area contributed by atoms with E-state index in [1.807, 2.05) is 6.07 Å². The summed E-state index contributed by atoms with van der Waals surface area (Å²) in [6.45, 7) is 4.60. The maximum atomic E-state index is 8.77. The molecule has 0 radical (unpaired) electrons. The maximum Gasteiger partial charge on any atom is 0.0431 e. The average molecular weight is 286 g/mol. The van der Waals surface area contributed by atoms with Gasteiger partial charge in [-0.05, 0) is 44.4 Å². The molecule has 2 unspecified atom stereocenters.